The van der Waals surface area contributed by atoms with Gasteiger partial charge in [-0.1, -0.05) is 20.8 Å². The van der Waals surface area contributed by atoms with Gasteiger partial charge < -0.3 is 16.0 Å². The third-order valence-corrected chi connectivity index (χ3v) is 3.92. The first-order valence-corrected chi connectivity index (χ1v) is 9.07. The van der Waals surface area contributed by atoms with E-state index in [-0.39, 0.29) is 17.4 Å². The Morgan fingerprint density at radius 2 is 1.86 bits per heavy atom. The van der Waals surface area contributed by atoms with Crippen LogP contribution in [-0.4, -0.2) is 54.5 Å². The van der Waals surface area contributed by atoms with Gasteiger partial charge in [-0.15, -0.1) is 0 Å². The molecule has 3 rings (SSSR count). The standard InChI is InChI=1S/C18H23N9O2/c1-11-9-12(27-17(25-11)23-10-24-27)19-5-8-22-15(28)13-14(21-7-6-20-13)26-16(29)18(2,3)4/h6-7,9-10,19H,5,8H2,1-4H3,(H,22,28)(H,21,26,29). The normalized spacial score (nSPS) is 11.3. The Morgan fingerprint density at radius 3 is 2.62 bits per heavy atom. The van der Waals surface area contributed by atoms with Gasteiger partial charge in [0.25, 0.3) is 11.7 Å². The van der Waals surface area contributed by atoms with Gasteiger partial charge in [-0.25, -0.2) is 15.0 Å². The summed E-state index contributed by atoms with van der Waals surface area (Å²) in [7, 11) is 0. The highest BCUT2D eigenvalue weighted by molar-refractivity contribution is 6.02. The Labute approximate surface area is 167 Å². The zero-order valence-corrected chi connectivity index (χ0v) is 16.7. The molecule has 3 heterocycles. The van der Waals surface area contributed by atoms with Crippen molar-refractivity contribution < 1.29 is 9.59 Å². The van der Waals surface area contributed by atoms with Crippen molar-refractivity contribution in [2.45, 2.75) is 27.7 Å². The van der Waals surface area contributed by atoms with Crippen LogP contribution in [0, 0.1) is 12.3 Å². The first-order chi connectivity index (χ1) is 13.8. The predicted octanol–water partition coefficient (Wildman–Crippen LogP) is 1.05. The number of amides is 2. The fraction of sp³-hybridized carbons (Fsp3) is 0.389. The molecule has 0 saturated heterocycles. The average Bonchev–Trinajstić information content (AvgIpc) is 3.13. The number of anilines is 2. The molecular weight excluding hydrogens is 374 g/mol. The largest absolute Gasteiger partial charge is 0.368 e. The lowest BCUT2D eigenvalue weighted by Crippen LogP contribution is -2.33. The summed E-state index contributed by atoms with van der Waals surface area (Å²) < 4.78 is 1.58. The first-order valence-electron chi connectivity index (χ1n) is 9.07. The maximum Gasteiger partial charge on any atom is 0.273 e. The average molecular weight is 397 g/mol. The van der Waals surface area contributed by atoms with Crippen molar-refractivity contribution in [1.82, 2.24) is 34.9 Å². The van der Waals surface area contributed by atoms with Crippen LogP contribution in [0.25, 0.3) is 5.78 Å². The summed E-state index contributed by atoms with van der Waals surface area (Å²) in [6.45, 7) is 7.95. The molecule has 0 aliphatic rings. The number of aryl methyl sites for hydroxylation is 1. The van der Waals surface area contributed by atoms with E-state index in [1.165, 1.54) is 18.7 Å². The molecule has 0 aliphatic carbocycles. The topological polar surface area (TPSA) is 139 Å². The minimum atomic E-state index is -0.620. The minimum Gasteiger partial charge on any atom is -0.368 e. The Kier molecular flexibility index (Phi) is 5.66. The molecule has 0 bridgehead atoms. The number of nitrogens with zero attached hydrogens (tertiary/aromatic N) is 6. The molecule has 3 N–H and O–H groups in total. The molecule has 0 unspecified atom stereocenters. The molecule has 152 valence electrons. The van der Waals surface area contributed by atoms with E-state index in [1.807, 2.05) is 13.0 Å². The van der Waals surface area contributed by atoms with Gasteiger partial charge in [0.2, 0.25) is 5.91 Å². The quantitative estimate of drug-likeness (QED) is 0.525. The molecule has 0 aromatic carbocycles. The predicted molar refractivity (Wildman–Crippen MR) is 106 cm³/mol. The molecule has 29 heavy (non-hydrogen) atoms. The van der Waals surface area contributed by atoms with Crippen LogP contribution in [0.4, 0.5) is 11.6 Å². The van der Waals surface area contributed by atoms with Crippen molar-refractivity contribution in [2.24, 2.45) is 5.41 Å². The van der Waals surface area contributed by atoms with Crippen LogP contribution in [-0.2, 0) is 4.79 Å². The van der Waals surface area contributed by atoms with Crippen LogP contribution in [0.3, 0.4) is 0 Å². The summed E-state index contributed by atoms with van der Waals surface area (Å²) in [6, 6.07) is 1.84. The molecule has 11 nitrogen and oxygen atoms in total. The lowest BCUT2D eigenvalue weighted by Gasteiger charge is -2.18. The van der Waals surface area contributed by atoms with Crippen molar-refractivity contribution in [2.75, 3.05) is 23.7 Å². The number of fused-ring (bicyclic) bond motifs is 1. The van der Waals surface area contributed by atoms with Gasteiger partial charge in [0, 0.05) is 42.7 Å². The summed E-state index contributed by atoms with van der Waals surface area (Å²) in [5.74, 6) is 0.665. The van der Waals surface area contributed by atoms with Gasteiger partial charge in [0.05, 0.1) is 0 Å². The number of carbonyl (C=O) groups excluding carboxylic acids is 2. The van der Waals surface area contributed by atoms with E-state index in [4.69, 9.17) is 0 Å². The fourth-order valence-corrected chi connectivity index (χ4v) is 2.40. The van der Waals surface area contributed by atoms with Crippen LogP contribution < -0.4 is 16.0 Å². The zero-order chi connectivity index (χ0) is 21.0. The SMILES string of the molecule is Cc1cc(NCCNC(=O)c2nccnc2NC(=O)C(C)(C)C)n2ncnc2n1. The van der Waals surface area contributed by atoms with Gasteiger partial charge in [-0.3, -0.25) is 9.59 Å². The number of nitrogens with one attached hydrogen (secondary N) is 3. The van der Waals surface area contributed by atoms with Crippen LogP contribution >= 0.6 is 0 Å². The maximum atomic E-state index is 12.5. The van der Waals surface area contributed by atoms with Crippen LogP contribution in [0.2, 0.25) is 0 Å². The van der Waals surface area contributed by atoms with Crippen LogP contribution in [0.5, 0.6) is 0 Å². The highest BCUT2D eigenvalue weighted by Gasteiger charge is 2.24. The molecule has 0 aliphatic heterocycles. The summed E-state index contributed by atoms with van der Waals surface area (Å²) >= 11 is 0. The highest BCUT2D eigenvalue weighted by atomic mass is 16.2. The van der Waals surface area contributed by atoms with E-state index in [1.54, 1.807) is 25.3 Å². The van der Waals surface area contributed by atoms with Gasteiger partial charge in [-0.05, 0) is 6.92 Å². The lowest BCUT2D eigenvalue weighted by atomic mass is 9.96. The smallest absolute Gasteiger partial charge is 0.273 e. The number of hydrogen-bond donors (Lipinski definition) is 3. The van der Waals surface area contributed by atoms with Gasteiger partial charge >= 0.3 is 0 Å². The monoisotopic (exact) mass is 397 g/mol. The lowest BCUT2D eigenvalue weighted by molar-refractivity contribution is -0.123. The molecule has 0 radical (unpaired) electrons. The number of rotatable bonds is 6. The first kappa shape index (κ1) is 20.1. The van der Waals surface area contributed by atoms with E-state index in [2.05, 4.69) is 41.0 Å². The molecule has 0 spiro atoms. The second-order valence-electron chi connectivity index (χ2n) is 7.39. The number of aromatic nitrogens is 6. The molecule has 3 aromatic heterocycles. The van der Waals surface area contributed by atoms with Crippen LogP contribution in [0.1, 0.15) is 37.0 Å². The van der Waals surface area contributed by atoms with Crippen molar-refractivity contribution >= 4 is 29.2 Å². The zero-order valence-electron chi connectivity index (χ0n) is 16.7. The molecular formula is C18H23N9O2. The maximum absolute atomic E-state index is 12.5. The third-order valence-electron chi connectivity index (χ3n) is 3.92. The fourth-order valence-electron chi connectivity index (χ4n) is 2.40. The highest BCUT2D eigenvalue weighted by Crippen LogP contribution is 2.17. The summed E-state index contributed by atoms with van der Waals surface area (Å²) in [6.07, 6.45) is 4.25. The Morgan fingerprint density at radius 1 is 1.10 bits per heavy atom. The Bertz CT molecular complexity index is 1040. The van der Waals surface area contributed by atoms with Crippen molar-refractivity contribution in [3.8, 4) is 0 Å². The van der Waals surface area contributed by atoms with E-state index < -0.39 is 11.3 Å². The molecule has 0 saturated carbocycles. The van der Waals surface area contributed by atoms with Gasteiger partial charge in [-0.2, -0.15) is 14.6 Å². The molecule has 3 aromatic rings. The summed E-state index contributed by atoms with van der Waals surface area (Å²) in [5, 5.41) is 12.7. The second kappa shape index (κ2) is 8.17. The van der Waals surface area contributed by atoms with Crippen molar-refractivity contribution in [3.05, 3.63) is 36.2 Å². The third kappa shape index (κ3) is 4.81. The summed E-state index contributed by atoms with van der Waals surface area (Å²) in [4.78, 5) is 41.2. The van der Waals surface area contributed by atoms with Crippen molar-refractivity contribution in [1.29, 1.82) is 0 Å². The molecule has 11 heteroatoms. The summed E-state index contributed by atoms with van der Waals surface area (Å²) in [5.41, 5.74) is 0.240. The Balaban J connectivity index is 1.60. The van der Waals surface area contributed by atoms with Gasteiger partial charge in [0.15, 0.2) is 11.5 Å². The van der Waals surface area contributed by atoms with Crippen molar-refractivity contribution in [3.63, 3.8) is 0 Å². The molecule has 0 atom stereocenters. The van der Waals surface area contributed by atoms with E-state index in [9.17, 15) is 9.59 Å². The molecule has 2 amide bonds. The van der Waals surface area contributed by atoms with E-state index >= 15 is 0 Å². The van der Waals surface area contributed by atoms with E-state index in [0.29, 0.717) is 18.9 Å². The van der Waals surface area contributed by atoms with E-state index in [0.717, 1.165) is 11.5 Å². The van der Waals surface area contributed by atoms with Crippen LogP contribution in [0.15, 0.2) is 24.8 Å². The second-order valence-corrected chi connectivity index (χ2v) is 7.39. The number of hydrogen-bond acceptors (Lipinski definition) is 8. The Hall–Kier alpha value is -3.63. The molecule has 0 fully saturated rings. The number of carbonyl (C=O) groups is 2. The van der Waals surface area contributed by atoms with Gasteiger partial charge in [0.1, 0.15) is 12.1 Å². The minimum absolute atomic E-state index is 0.0588.